The summed E-state index contributed by atoms with van der Waals surface area (Å²) in [6.07, 6.45) is 5.29. The Morgan fingerprint density at radius 1 is 1.45 bits per heavy atom. The summed E-state index contributed by atoms with van der Waals surface area (Å²) < 4.78 is 0. The number of likely N-dealkylation sites (N-methyl/N-ethyl adjacent to an activating group) is 1. The van der Waals surface area contributed by atoms with Crippen molar-refractivity contribution in [2.45, 2.75) is 25.3 Å². The van der Waals surface area contributed by atoms with Crippen LogP contribution in [0.4, 0.5) is 0 Å². The second-order valence-electron chi connectivity index (χ2n) is 5.47. The van der Waals surface area contributed by atoms with Crippen molar-refractivity contribution in [3.63, 3.8) is 0 Å². The highest BCUT2D eigenvalue weighted by atomic mass is 16.2. The van der Waals surface area contributed by atoms with Gasteiger partial charge in [-0.2, -0.15) is 0 Å². The molecule has 1 fully saturated rings. The largest absolute Gasteiger partial charge is 0.345 e. The van der Waals surface area contributed by atoms with Gasteiger partial charge in [0.15, 0.2) is 0 Å². The number of rotatable bonds is 3. The number of carbonyl (C=O) groups is 1. The number of nitrogens with zero attached hydrogens (tertiary/aromatic N) is 2. The molecule has 1 saturated heterocycles. The van der Waals surface area contributed by atoms with Crippen LogP contribution in [0.25, 0.3) is 11.0 Å². The highest BCUT2D eigenvalue weighted by molar-refractivity contribution is 5.97. The highest BCUT2D eigenvalue weighted by Gasteiger charge is 2.19. The smallest absolute Gasteiger partial charge is 0.253 e. The third kappa shape index (κ3) is 2.67. The van der Waals surface area contributed by atoms with Gasteiger partial charge in [0.1, 0.15) is 0 Å². The molecule has 5 nitrogen and oxygen atoms in total. The number of hydrogen-bond acceptors (Lipinski definition) is 3. The van der Waals surface area contributed by atoms with Crippen molar-refractivity contribution in [3.05, 3.63) is 30.1 Å². The molecule has 0 spiro atoms. The van der Waals surface area contributed by atoms with Crippen LogP contribution in [0.3, 0.4) is 0 Å². The molecule has 2 heterocycles. The topological polar surface area (TPSA) is 61.0 Å². The van der Waals surface area contributed by atoms with E-state index in [0.717, 1.165) is 30.5 Å². The average Bonchev–Trinajstić information content (AvgIpc) is 2.94. The van der Waals surface area contributed by atoms with Gasteiger partial charge in [0, 0.05) is 25.2 Å². The molecule has 2 aromatic rings. The molecule has 1 aromatic heterocycles. The molecule has 106 valence electrons. The van der Waals surface area contributed by atoms with Crippen LogP contribution in [-0.2, 0) is 0 Å². The lowest BCUT2D eigenvalue weighted by molar-refractivity contribution is 0.0775. The molecule has 20 heavy (non-hydrogen) atoms. The molecule has 0 radical (unpaired) electrons. The molecular formula is C15H20N4O. The normalized spacial score (nSPS) is 19.1. The standard InChI is InChI=1S/C15H20N4O/c1-19(9-12-4-2-3-7-16-12)15(20)11-5-6-13-14(8-11)18-10-17-13/h5-6,8,10,12,16H,2-4,7,9H2,1H3,(H,17,18). The molecule has 1 aromatic carbocycles. The Hall–Kier alpha value is -1.88. The van der Waals surface area contributed by atoms with E-state index in [4.69, 9.17) is 0 Å². The van der Waals surface area contributed by atoms with Gasteiger partial charge in [-0.15, -0.1) is 0 Å². The predicted molar refractivity (Wildman–Crippen MR) is 78.7 cm³/mol. The van der Waals surface area contributed by atoms with Crippen molar-refractivity contribution >= 4 is 16.9 Å². The predicted octanol–water partition coefficient (Wildman–Crippen LogP) is 1.78. The quantitative estimate of drug-likeness (QED) is 0.895. The Morgan fingerprint density at radius 2 is 2.35 bits per heavy atom. The Labute approximate surface area is 118 Å². The van der Waals surface area contributed by atoms with Crippen molar-refractivity contribution in [1.29, 1.82) is 0 Å². The molecule has 5 heteroatoms. The monoisotopic (exact) mass is 272 g/mol. The van der Waals surface area contributed by atoms with Gasteiger partial charge in [-0.25, -0.2) is 4.98 Å². The first-order chi connectivity index (χ1) is 9.74. The molecule has 1 aliphatic rings. The van der Waals surface area contributed by atoms with Gasteiger partial charge in [-0.05, 0) is 37.6 Å². The highest BCUT2D eigenvalue weighted by Crippen LogP contribution is 2.14. The zero-order valence-electron chi connectivity index (χ0n) is 11.7. The number of carbonyl (C=O) groups excluding carboxylic acids is 1. The van der Waals surface area contributed by atoms with E-state index in [1.165, 1.54) is 12.8 Å². The van der Waals surface area contributed by atoms with Crippen molar-refractivity contribution < 1.29 is 4.79 Å². The summed E-state index contributed by atoms with van der Waals surface area (Å²) in [5.41, 5.74) is 2.50. The number of nitrogens with one attached hydrogen (secondary N) is 2. The summed E-state index contributed by atoms with van der Waals surface area (Å²) in [5.74, 6) is 0.0638. The summed E-state index contributed by atoms with van der Waals surface area (Å²) in [7, 11) is 1.87. The fourth-order valence-electron chi connectivity index (χ4n) is 2.78. The Bertz CT molecular complexity index is 601. The van der Waals surface area contributed by atoms with Crippen molar-refractivity contribution in [2.75, 3.05) is 20.1 Å². The number of aromatic amines is 1. The van der Waals surface area contributed by atoms with E-state index >= 15 is 0 Å². The zero-order chi connectivity index (χ0) is 13.9. The number of benzene rings is 1. The van der Waals surface area contributed by atoms with E-state index in [2.05, 4.69) is 15.3 Å². The van der Waals surface area contributed by atoms with Gasteiger partial charge in [-0.3, -0.25) is 4.79 Å². The third-order valence-electron chi connectivity index (χ3n) is 3.92. The SMILES string of the molecule is CN(CC1CCCCN1)C(=O)c1ccc2nc[nH]c2c1. The molecule has 2 N–H and O–H groups in total. The molecule has 3 rings (SSSR count). The zero-order valence-corrected chi connectivity index (χ0v) is 11.7. The Balaban J connectivity index is 1.70. The summed E-state index contributed by atoms with van der Waals surface area (Å²) in [4.78, 5) is 21.5. The lowest BCUT2D eigenvalue weighted by Gasteiger charge is -2.28. The second kappa shape index (κ2) is 5.63. The Morgan fingerprint density at radius 3 is 3.15 bits per heavy atom. The first-order valence-corrected chi connectivity index (χ1v) is 7.16. The number of piperidine rings is 1. The first-order valence-electron chi connectivity index (χ1n) is 7.16. The molecule has 1 aliphatic heterocycles. The van der Waals surface area contributed by atoms with Gasteiger partial charge in [0.05, 0.1) is 17.4 Å². The number of aromatic nitrogens is 2. The van der Waals surface area contributed by atoms with Crippen molar-refractivity contribution in [2.24, 2.45) is 0 Å². The lowest BCUT2D eigenvalue weighted by atomic mass is 10.0. The fourth-order valence-corrected chi connectivity index (χ4v) is 2.78. The number of H-pyrrole nitrogens is 1. The van der Waals surface area contributed by atoms with Gasteiger partial charge < -0.3 is 15.2 Å². The number of hydrogen-bond donors (Lipinski definition) is 2. The van der Waals surface area contributed by atoms with Crippen LogP contribution >= 0.6 is 0 Å². The maximum Gasteiger partial charge on any atom is 0.253 e. The van der Waals surface area contributed by atoms with E-state index in [9.17, 15) is 4.79 Å². The molecule has 0 saturated carbocycles. The van der Waals surface area contributed by atoms with E-state index in [-0.39, 0.29) is 5.91 Å². The summed E-state index contributed by atoms with van der Waals surface area (Å²) in [6.45, 7) is 1.83. The molecule has 0 bridgehead atoms. The Kier molecular flexibility index (Phi) is 3.69. The second-order valence-corrected chi connectivity index (χ2v) is 5.47. The maximum atomic E-state index is 12.4. The van der Waals surface area contributed by atoms with Crippen LogP contribution in [0.5, 0.6) is 0 Å². The minimum Gasteiger partial charge on any atom is -0.345 e. The van der Waals surface area contributed by atoms with Crippen LogP contribution in [0.2, 0.25) is 0 Å². The fraction of sp³-hybridized carbons (Fsp3) is 0.467. The summed E-state index contributed by atoms with van der Waals surface area (Å²) >= 11 is 0. The third-order valence-corrected chi connectivity index (χ3v) is 3.92. The van der Waals surface area contributed by atoms with Crippen LogP contribution in [0, 0.1) is 0 Å². The average molecular weight is 272 g/mol. The van der Waals surface area contributed by atoms with Crippen LogP contribution in [-0.4, -0.2) is 47.0 Å². The maximum absolute atomic E-state index is 12.4. The molecular weight excluding hydrogens is 252 g/mol. The number of fused-ring (bicyclic) bond motifs is 1. The molecule has 0 aliphatic carbocycles. The van der Waals surface area contributed by atoms with Crippen molar-refractivity contribution in [1.82, 2.24) is 20.2 Å². The van der Waals surface area contributed by atoms with Gasteiger partial charge in [0.2, 0.25) is 0 Å². The van der Waals surface area contributed by atoms with Crippen LogP contribution in [0.1, 0.15) is 29.6 Å². The molecule has 1 atom stereocenters. The van der Waals surface area contributed by atoms with E-state index < -0.39 is 0 Å². The van der Waals surface area contributed by atoms with Gasteiger partial charge in [-0.1, -0.05) is 6.42 Å². The molecule has 1 unspecified atom stereocenters. The summed E-state index contributed by atoms with van der Waals surface area (Å²) in [5, 5.41) is 3.47. The van der Waals surface area contributed by atoms with Crippen LogP contribution < -0.4 is 5.32 Å². The van der Waals surface area contributed by atoms with Crippen molar-refractivity contribution in [3.8, 4) is 0 Å². The van der Waals surface area contributed by atoms with Gasteiger partial charge >= 0.3 is 0 Å². The number of imidazole rings is 1. The number of amides is 1. The minimum atomic E-state index is 0.0638. The lowest BCUT2D eigenvalue weighted by Crippen LogP contribution is -2.44. The molecule has 1 amide bonds. The van der Waals surface area contributed by atoms with Gasteiger partial charge in [0.25, 0.3) is 5.91 Å². The minimum absolute atomic E-state index is 0.0638. The first kappa shape index (κ1) is 13.1. The van der Waals surface area contributed by atoms with E-state index in [0.29, 0.717) is 11.6 Å². The van der Waals surface area contributed by atoms with E-state index in [1.807, 2.05) is 25.2 Å². The van der Waals surface area contributed by atoms with Crippen LogP contribution in [0.15, 0.2) is 24.5 Å². The van der Waals surface area contributed by atoms with E-state index in [1.54, 1.807) is 11.2 Å². The summed E-state index contributed by atoms with van der Waals surface area (Å²) in [6, 6.07) is 6.02.